The number of alkyl halides is 3. The Morgan fingerprint density at radius 3 is 2.59 bits per heavy atom. The average molecular weight is 519 g/mol. The minimum Gasteiger partial charge on any atom is -0.490 e. The van der Waals surface area contributed by atoms with E-state index in [0.29, 0.717) is 53.5 Å². The molecule has 0 bridgehead atoms. The van der Waals surface area contributed by atoms with Gasteiger partial charge >= 0.3 is 12.1 Å². The van der Waals surface area contributed by atoms with E-state index in [1.54, 1.807) is 6.20 Å². The molecule has 0 unspecified atom stereocenters. The van der Waals surface area contributed by atoms with Crippen LogP contribution in [-0.4, -0.2) is 63.3 Å². The number of aromatic nitrogens is 5. The zero-order valence-corrected chi connectivity index (χ0v) is 19.8. The van der Waals surface area contributed by atoms with Crippen LogP contribution in [0.25, 0.3) is 33.8 Å². The van der Waals surface area contributed by atoms with Crippen LogP contribution in [0.2, 0.25) is 0 Å². The number of imidazole rings is 1. The molecule has 0 radical (unpaired) electrons. The molecule has 3 heterocycles. The van der Waals surface area contributed by atoms with E-state index < -0.39 is 12.1 Å². The summed E-state index contributed by atoms with van der Waals surface area (Å²) in [6.45, 7) is 2.87. The molecule has 0 aliphatic carbocycles. The first-order valence-electron chi connectivity index (χ1n) is 11.4. The molecule has 0 saturated carbocycles. The van der Waals surface area contributed by atoms with Gasteiger partial charge in [-0.3, -0.25) is 0 Å². The number of hydrogen-bond donors (Lipinski definition) is 2. The Morgan fingerprint density at radius 2 is 1.92 bits per heavy atom. The highest BCUT2D eigenvalue weighted by Crippen LogP contribution is 2.36. The van der Waals surface area contributed by atoms with Gasteiger partial charge in [-0.1, -0.05) is 30.3 Å². The molecular weight excluding hydrogens is 495 g/mol. The van der Waals surface area contributed by atoms with Crippen LogP contribution in [0.3, 0.4) is 0 Å². The van der Waals surface area contributed by atoms with Gasteiger partial charge in [-0.05, 0) is 30.2 Å². The molecule has 4 rings (SSSR count). The van der Waals surface area contributed by atoms with Crippen LogP contribution in [0.4, 0.5) is 19.0 Å². The highest BCUT2D eigenvalue weighted by Gasteiger charge is 2.40. The Morgan fingerprint density at radius 1 is 1.14 bits per heavy atom. The zero-order valence-electron chi connectivity index (χ0n) is 19.8. The first-order chi connectivity index (χ1) is 17.8. The molecule has 1 aromatic carbocycles. The van der Waals surface area contributed by atoms with E-state index in [2.05, 4.69) is 25.4 Å². The number of halogens is 3. The van der Waals surface area contributed by atoms with Gasteiger partial charge in [-0.15, -0.1) is 0 Å². The monoisotopic (exact) mass is 519 g/mol. The topological polar surface area (TPSA) is 143 Å². The van der Waals surface area contributed by atoms with E-state index >= 15 is 0 Å². The van der Waals surface area contributed by atoms with Gasteiger partial charge in [-0.25, -0.2) is 19.4 Å². The summed E-state index contributed by atoms with van der Waals surface area (Å²) in [7, 11) is 0. The van der Waals surface area contributed by atoms with Crippen molar-refractivity contribution in [2.75, 3.05) is 32.0 Å². The Balaban J connectivity index is 1.49. The molecule has 0 saturated heterocycles. The predicted molar refractivity (Wildman–Crippen MR) is 126 cm³/mol. The largest absolute Gasteiger partial charge is 0.490 e. The SMILES string of the molecule is CCn1c(-c2nonc2N)nc2c(-c3ccccc3)ncc(OCCCNCCOC(=O)C(F)(F)F)c21. The molecule has 0 amide bonds. The normalized spacial score (nSPS) is 11.7. The summed E-state index contributed by atoms with van der Waals surface area (Å²) in [6, 6.07) is 9.57. The number of anilines is 1. The third kappa shape index (κ3) is 5.80. The van der Waals surface area contributed by atoms with Gasteiger partial charge in [-0.2, -0.15) is 13.2 Å². The second-order valence-corrected chi connectivity index (χ2v) is 7.80. The summed E-state index contributed by atoms with van der Waals surface area (Å²) in [4.78, 5) is 20.1. The number of carbonyl (C=O) groups excluding carboxylic acids is 1. The van der Waals surface area contributed by atoms with Crippen LogP contribution in [-0.2, 0) is 16.1 Å². The quantitative estimate of drug-likeness (QED) is 0.224. The van der Waals surface area contributed by atoms with Gasteiger partial charge in [0.2, 0.25) is 0 Å². The average Bonchev–Trinajstić information content (AvgIpc) is 3.48. The maximum absolute atomic E-state index is 12.1. The van der Waals surface area contributed by atoms with E-state index in [-0.39, 0.29) is 25.6 Å². The van der Waals surface area contributed by atoms with E-state index in [1.807, 2.05) is 41.8 Å². The lowest BCUT2D eigenvalue weighted by atomic mass is 10.1. The second kappa shape index (κ2) is 11.2. The smallest absolute Gasteiger partial charge is 0.490 e. The number of pyridine rings is 1. The first kappa shape index (κ1) is 25.9. The Labute approximate surface area is 208 Å². The van der Waals surface area contributed by atoms with Gasteiger partial charge in [0, 0.05) is 18.7 Å². The molecule has 3 aromatic heterocycles. The summed E-state index contributed by atoms with van der Waals surface area (Å²) in [6.07, 6.45) is -2.84. The number of hydrogen-bond acceptors (Lipinski definition) is 10. The number of nitrogens with two attached hydrogens (primary N) is 1. The minimum atomic E-state index is -5.00. The van der Waals surface area contributed by atoms with Crippen LogP contribution >= 0.6 is 0 Å². The lowest BCUT2D eigenvalue weighted by Gasteiger charge is -2.12. The fourth-order valence-electron chi connectivity index (χ4n) is 3.67. The number of esters is 1. The molecule has 196 valence electrons. The summed E-state index contributed by atoms with van der Waals surface area (Å²) >= 11 is 0. The molecule has 0 aliphatic heterocycles. The molecule has 4 aromatic rings. The van der Waals surface area contributed by atoms with Crippen molar-refractivity contribution in [1.82, 2.24) is 30.2 Å². The molecule has 0 spiro atoms. The van der Waals surface area contributed by atoms with Gasteiger partial charge in [0.25, 0.3) is 0 Å². The van der Waals surface area contributed by atoms with Crippen molar-refractivity contribution in [3.63, 3.8) is 0 Å². The first-order valence-corrected chi connectivity index (χ1v) is 11.4. The summed E-state index contributed by atoms with van der Waals surface area (Å²) < 4.78 is 53.2. The van der Waals surface area contributed by atoms with Crippen LogP contribution < -0.4 is 15.8 Å². The molecule has 0 aliphatic rings. The van der Waals surface area contributed by atoms with Crippen molar-refractivity contribution in [2.45, 2.75) is 26.1 Å². The number of nitrogens with zero attached hydrogens (tertiary/aromatic N) is 5. The van der Waals surface area contributed by atoms with Crippen LogP contribution in [0.5, 0.6) is 5.75 Å². The van der Waals surface area contributed by atoms with Gasteiger partial charge < -0.3 is 25.1 Å². The summed E-state index contributed by atoms with van der Waals surface area (Å²) in [5.41, 5.74) is 9.05. The number of nitrogen functional groups attached to an aromatic ring is 1. The van der Waals surface area contributed by atoms with Crippen molar-refractivity contribution in [1.29, 1.82) is 0 Å². The number of ether oxygens (including phenoxy) is 2. The van der Waals surface area contributed by atoms with Crippen molar-refractivity contribution >= 4 is 22.8 Å². The third-order valence-corrected chi connectivity index (χ3v) is 5.32. The Bertz CT molecular complexity index is 1360. The summed E-state index contributed by atoms with van der Waals surface area (Å²) in [5.74, 6) is -1.15. The number of benzene rings is 1. The molecule has 0 fully saturated rings. The van der Waals surface area contributed by atoms with Crippen molar-refractivity contribution in [3.05, 3.63) is 36.5 Å². The van der Waals surface area contributed by atoms with Gasteiger partial charge in [0.15, 0.2) is 23.1 Å². The zero-order chi connectivity index (χ0) is 26.4. The minimum absolute atomic E-state index is 0.0819. The molecule has 11 nitrogen and oxygen atoms in total. The maximum atomic E-state index is 12.1. The van der Waals surface area contributed by atoms with Crippen LogP contribution in [0.1, 0.15) is 13.3 Å². The van der Waals surface area contributed by atoms with Gasteiger partial charge in [0.05, 0.1) is 18.5 Å². The summed E-state index contributed by atoms with van der Waals surface area (Å²) in [5, 5.41) is 10.5. The molecule has 0 atom stereocenters. The van der Waals surface area contributed by atoms with Crippen LogP contribution in [0, 0.1) is 0 Å². The fraction of sp³-hybridized carbons (Fsp3) is 0.348. The van der Waals surface area contributed by atoms with E-state index in [4.69, 9.17) is 20.1 Å². The Hall–Kier alpha value is -4.20. The Kier molecular flexibility index (Phi) is 7.86. The van der Waals surface area contributed by atoms with Gasteiger partial charge in [0.1, 0.15) is 17.6 Å². The standard InChI is InChI=1S/C23H24F3N7O4/c1-2-33-19-15(35-11-6-9-28-10-12-36-22(34)23(24,25)26)13-29-16(14-7-4-3-5-8-14)17(19)30-21(33)18-20(27)32-37-31-18/h3-5,7-8,13,28H,2,6,9-12H2,1H3,(H2,27,32). The number of aryl methyl sites for hydroxylation is 1. The van der Waals surface area contributed by atoms with E-state index in [0.717, 1.165) is 5.56 Å². The highest BCUT2D eigenvalue weighted by atomic mass is 19.4. The number of carbonyl (C=O) groups is 1. The third-order valence-electron chi connectivity index (χ3n) is 5.32. The molecular formula is C23H24F3N7O4. The van der Waals surface area contributed by atoms with Crippen molar-refractivity contribution in [3.8, 4) is 28.5 Å². The lowest BCUT2D eigenvalue weighted by molar-refractivity contribution is -0.199. The predicted octanol–water partition coefficient (Wildman–Crippen LogP) is 3.21. The highest BCUT2D eigenvalue weighted by molar-refractivity contribution is 5.95. The maximum Gasteiger partial charge on any atom is 0.490 e. The fourth-order valence-corrected chi connectivity index (χ4v) is 3.67. The van der Waals surface area contributed by atoms with Crippen molar-refractivity contribution in [2.24, 2.45) is 0 Å². The van der Waals surface area contributed by atoms with E-state index in [9.17, 15) is 18.0 Å². The van der Waals surface area contributed by atoms with E-state index in [1.165, 1.54) is 0 Å². The molecule has 37 heavy (non-hydrogen) atoms. The molecule has 3 N–H and O–H groups in total. The number of nitrogens with one attached hydrogen (secondary N) is 1. The lowest BCUT2D eigenvalue weighted by Crippen LogP contribution is -2.29. The van der Waals surface area contributed by atoms with Crippen LogP contribution in [0.15, 0.2) is 41.2 Å². The second-order valence-electron chi connectivity index (χ2n) is 7.80. The number of rotatable bonds is 11. The van der Waals surface area contributed by atoms with Crippen molar-refractivity contribution < 1.29 is 32.1 Å². The molecule has 14 heteroatoms. The number of fused-ring (bicyclic) bond motifs is 1.